The summed E-state index contributed by atoms with van der Waals surface area (Å²) in [5.41, 5.74) is 6.03. The summed E-state index contributed by atoms with van der Waals surface area (Å²) in [7, 11) is 1.26. The average molecular weight is 433 g/mol. The molecular weight excluding hydrogens is 424 g/mol. The maximum absolute atomic E-state index is 11.2. The Morgan fingerprint density at radius 2 is 2.13 bits per heavy atom. The molecular formula is C9H9I2NO3. The standard InChI is InChI=1S/C9H9I2NO3/c1-15-9(14)7(12)5-2-4(10)3-6(11)8(5)13/h2-3,7,13H,12H2,1H3/t7-/m0/s1. The van der Waals surface area contributed by atoms with Crippen LogP contribution in [0.2, 0.25) is 0 Å². The highest BCUT2D eigenvalue weighted by Crippen LogP contribution is 2.30. The van der Waals surface area contributed by atoms with Crippen LogP contribution in [0, 0.1) is 7.14 Å². The predicted octanol–water partition coefficient (Wildman–Crippen LogP) is 1.77. The number of hydrogen-bond donors (Lipinski definition) is 2. The number of halogens is 2. The molecule has 0 fully saturated rings. The first-order valence-electron chi connectivity index (χ1n) is 3.98. The quantitative estimate of drug-likeness (QED) is 0.552. The Balaban J connectivity index is 3.19. The van der Waals surface area contributed by atoms with E-state index in [0.717, 1.165) is 3.57 Å². The molecule has 0 saturated heterocycles. The van der Waals surface area contributed by atoms with Crippen LogP contribution in [0.5, 0.6) is 5.75 Å². The molecule has 1 aromatic carbocycles. The van der Waals surface area contributed by atoms with Crippen molar-refractivity contribution in [3.63, 3.8) is 0 Å². The molecule has 1 atom stereocenters. The summed E-state index contributed by atoms with van der Waals surface area (Å²) in [6, 6.07) is 2.52. The Morgan fingerprint density at radius 3 is 2.67 bits per heavy atom. The molecule has 0 unspecified atom stereocenters. The number of esters is 1. The monoisotopic (exact) mass is 433 g/mol. The van der Waals surface area contributed by atoms with Gasteiger partial charge in [-0.25, -0.2) is 0 Å². The van der Waals surface area contributed by atoms with E-state index in [-0.39, 0.29) is 5.75 Å². The number of ether oxygens (including phenoxy) is 1. The van der Waals surface area contributed by atoms with Gasteiger partial charge in [0.2, 0.25) is 0 Å². The van der Waals surface area contributed by atoms with Gasteiger partial charge in [-0.3, -0.25) is 4.79 Å². The first-order valence-corrected chi connectivity index (χ1v) is 6.14. The second-order valence-electron chi connectivity index (χ2n) is 2.83. The van der Waals surface area contributed by atoms with Gasteiger partial charge in [0.05, 0.1) is 10.7 Å². The van der Waals surface area contributed by atoms with Crippen LogP contribution < -0.4 is 5.73 Å². The van der Waals surface area contributed by atoms with E-state index >= 15 is 0 Å². The van der Waals surface area contributed by atoms with Crippen molar-refractivity contribution in [1.82, 2.24) is 0 Å². The van der Waals surface area contributed by atoms with E-state index in [2.05, 4.69) is 27.3 Å². The molecule has 0 aliphatic rings. The third-order valence-corrected chi connectivity index (χ3v) is 3.29. The fourth-order valence-corrected chi connectivity index (χ4v) is 2.97. The highest BCUT2D eigenvalue weighted by atomic mass is 127. The fourth-order valence-electron chi connectivity index (χ4n) is 1.08. The van der Waals surface area contributed by atoms with E-state index in [1.54, 1.807) is 12.1 Å². The van der Waals surface area contributed by atoms with Gasteiger partial charge >= 0.3 is 5.97 Å². The maximum Gasteiger partial charge on any atom is 0.327 e. The fraction of sp³-hybridized carbons (Fsp3) is 0.222. The van der Waals surface area contributed by atoms with Gasteiger partial charge in [-0.05, 0) is 57.3 Å². The van der Waals surface area contributed by atoms with Crippen molar-refractivity contribution in [2.45, 2.75) is 6.04 Å². The Kier molecular flexibility index (Phi) is 4.59. The molecule has 0 heterocycles. The Bertz CT molecular complexity index is 395. The molecule has 0 aliphatic carbocycles. The third kappa shape index (κ3) is 2.94. The number of methoxy groups -OCH3 is 1. The molecule has 0 saturated carbocycles. The maximum atomic E-state index is 11.2. The summed E-state index contributed by atoms with van der Waals surface area (Å²) in [6.45, 7) is 0. The van der Waals surface area contributed by atoms with Crippen molar-refractivity contribution in [2.75, 3.05) is 7.11 Å². The van der Waals surface area contributed by atoms with E-state index in [1.807, 2.05) is 22.6 Å². The van der Waals surface area contributed by atoms with Crippen molar-refractivity contribution in [3.05, 3.63) is 24.8 Å². The van der Waals surface area contributed by atoms with E-state index in [4.69, 9.17) is 5.73 Å². The molecule has 0 aromatic heterocycles. The van der Waals surface area contributed by atoms with Crippen LogP contribution in [0.15, 0.2) is 12.1 Å². The minimum absolute atomic E-state index is 0.0360. The highest BCUT2D eigenvalue weighted by molar-refractivity contribution is 14.1. The predicted molar refractivity (Wildman–Crippen MR) is 72.5 cm³/mol. The first kappa shape index (κ1) is 13.0. The summed E-state index contributed by atoms with van der Waals surface area (Å²) in [5.74, 6) is -0.531. The van der Waals surface area contributed by atoms with Gasteiger partial charge in [-0.15, -0.1) is 0 Å². The van der Waals surface area contributed by atoms with Crippen molar-refractivity contribution >= 4 is 51.2 Å². The lowest BCUT2D eigenvalue weighted by Gasteiger charge is -2.12. The molecule has 82 valence electrons. The van der Waals surface area contributed by atoms with Crippen LogP contribution in [0.1, 0.15) is 11.6 Å². The SMILES string of the molecule is COC(=O)[C@@H](N)c1cc(I)cc(I)c1O. The summed E-state index contributed by atoms with van der Waals surface area (Å²) < 4.78 is 6.09. The zero-order chi connectivity index (χ0) is 11.6. The van der Waals surface area contributed by atoms with E-state index in [1.165, 1.54) is 7.11 Å². The van der Waals surface area contributed by atoms with Crippen LogP contribution in [0.4, 0.5) is 0 Å². The van der Waals surface area contributed by atoms with Crippen molar-refractivity contribution < 1.29 is 14.6 Å². The van der Waals surface area contributed by atoms with Gasteiger partial charge < -0.3 is 15.6 Å². The number of nitrogens with two attached hydrogens (primary N) is 1. The van der Waals surface area contributed by atoms with E-state index in [0.29, 0.717) is 9.13 Å². The molecule has 0 aliphatic heterocycles. The average Bonchev–Trinajstić information content (AvgIpc) is 2.21. The lowest BCUT2D eigenvalue weighted by molar-refractivity contribution is -0.142. The second-order valence-corrected chi connectivity index (χ2v) is 5.23. The number of carbonyl (C=O) groups is 1. The zero-order valence-corrected chi connectivity index (χ0v) is 12.1. The number of benzene rings is 1. The number of rotatable bonds is 2. The normalized spacial score (nSPS) is 12.3. The molecule has 0 radical (unpaired) electrons. The summed E-state index contributed by atoms with van der Waals surface area (Å²) >= 11 is 4.07. The molecule has 1 aromatic rings. The number of aromatic hydroxyl groups is 1. The Labute approximate surface area is 114 Å². The summed E-state index contributed by atoms with van der Waals surface area (Å²) in [5, 5.41) is 9.74. The number of phenolic OH excluding ortho intramolecular Hbond substituents is 1. The topological polar surface area (TPSA) is 72.5 Å². The van der Waals surface area contributed by atoms with Gasteiger partial charge in [0.25, 0.3) is 0 Å². The summed E-state index contributed by atoms with van der Waals surface area (Å²) in [6.07, 6.45) is 0. The highest BCUT2D eigenvalue weighted by Gasteiger charge is 2.21. The number of carbonyl (C=O) groups excluding carboxylic acids is 1. The minimum atomic E-state index is -0.946. The Morgan fingerprint density at radius 1 is 1.53 bits per heavy atom. The largest absolute Gasteiger partial charge is 0.506 e. The molecule has 0 bridgehead atoms. The van der Waals surface area contributed by atoms with Crippen molar-refractivity contribution in [3.8, 4) is 5.75 Å². The van der Waals surface area contributed by atoms with Gasteiger partial charge in [-0.1, -0.05) is 0 Å². The Hall–Kier alpha value is -0.0900. The van der Waals surface area contributed by atoms with E-state index < -0.39 is 12.0 Å². The van der Waals surface area contributed by atoms with Crippen molar-refractivity contribution in [2.24, 2.45) is 5.73 Å². The van der Waals surface area contributed by atoms with Crippen LogP contribution in [-0.2, 0) is 9.53 Å². The molecule has 6 heteroatoms. The summed E-state index contributed by atoms with van der Waals surface area (Å²) in [4.78, 5) is 11.2. The lowest BCUT2D eigenvalue weighted by atomic mass is 10.1. The molecule has 1 rings (SSSR count). The second kappa shape index (κ2) is 5.30. The minimum Gasteiger partial charge on any atom is -0.506 e. The third-order valence-electron chi connectivity index (χ3n) is 1.85. The first-order chi connectivity index (χ1) is 6.97. The molecule has 4 nitrogen and oxygen atoms in total. The van der Waals surface area contributed by atoms with Gasteiger partial charge in [0.1, 0.15) is 11.8 Å². The molecule has 3 N–H and O–H groups in total. The lowest BCUT2D eigenvalue weighted by Crippen LogP contribution is -2.23. The van der Waals surface area contributed by atoms with Crippen LogP contribution in [0.25, 0.3) is 0 Å². The smallest absolute Gasteiger partial charge is 0.327 e. The molecule has 0 spiro atoms. The number of hydrogen-bond acceptors (Lipinski definition) is 4. The zero-order valence-electron chi connectivity index (χ0n) is 7.83. The van der Waals surface area contributed by atoms with E-state index in [9.17, 15) is 9.90 Å². The van der Waals surface area contributed by atoms with Gasteiger partial charge in [0, 0.05) is 9.13 Å². The van der Waals surface area contributed by atoms with Gasteiger partial charge in [-0.2, -0.15) is 0 Å². The van der Waals surface area contributed by atoms with Crippen LogP contribution >= 0.6 is 45.2 Å². The van der Waals surface area contributed by atoms with Gasteiger partial charge in [0.15, 0.2) is 0 Å². The van der Waals surface area contributed by atoms with Crippen LogP contribution in [0.3, 0.4) is 0 Å². The number of phenols is 1. The van der Waals surface area contributed by atoms with Crippen molar-refractivity contribution in [1.29, 1.82) is 0 Å². The van der Waals surface area contributed by atoms with Crippen LogP contribution in [-0.4, -0.2) is 18.2 Å². The molecule has 0 amide bonds. The molecule has 15 heavy (non-hydrogen) atoms.